The third-order valence-corrected chi connectivity index (χ3v) is 2.34. The van der Waals surface area contributed by atoms with Crippen LogP contribution in [-0.2, 0) is 4.79 Å². The molecule has 0 bridgehead atoms. The van der Waals surface area contributed by atoms with E-state index >= 15 is 0 Å². The first-order valence-electron chi connectivity index (χ1n) is 4.93. The highest BCUT2D eigenvalue weighted by Crippen LogP contribution is 2.10. The summed E-state index contributed by atoms with van der Waals surface area (Å²) in [6.07, 6.45) is 0.820. The van der Waals surface area contributed by atoms with E-state index in [2.05, 4.69) is 6.07 Å². The molecule has 4 heteroatoms. The van der Waals surface area contributed by atoms with Crippen molar-refractivity contribution in [2.75, 3.05) is 6.54 Å². The number of hydrogen-bond donors (Lipinski definition) is 1. The van der Waals surface area contributed by atoms with E-state index in [9.17, 15) is 4.79 Å². The van der Waals surface area contributed by atoms with Gasteiger partial charge in [0, 0.05) is 6.04 Å². The molecule has 0 aromatic carbocycles. The van der Waals surface area contributed by atoms with Crippen molar-refractivity contribution in [1.82, 2.24) is 4.90 Å². The van der Waals surface area contributed by atoms with E-state index in [0.29, 0.717) is 6.54 Å². The summed E-state index contributed by atoms with van der Waals surface area (Å²) in [5, 5.41) is 17.5. The molecule has 4 nitrogen and oxygen atoms in total. The van der Waals surface area contributed by atoms with Crippen LogP contribution in [0.1, 0.15) is 33.6 Å². The highest BCUT2D eigenvalue weighted by molar-refractivity contribution is 5.67. The fourth-order valence-corrected chi connectivity index (χ4v) is 1.61. The SMILES string of the molecule is CCC(C#N)N(CC)C(C)CC(=O)O. The van der Waals surface area contributed by atoms with Crippen LogP contribution in [0.4, 0.5) is 0 Å². The van der Waals surface area contributed by atoms with Gasteiger partial charge in [-0.25, -0.2) is 0 Å². The first-order valence-corrected chi connectivity index (χ1v) is 4.93. The average Bonchev–Trinajstić information content (AvgIpc) is 2.12. The van der Waals surface area contributed by atoms with E-state index in [0.717, 1.165) is 6.42 Å². The van der Waals surface area contributed by atoms with Gasteiger partial charge in [-0.05, 0) is 19.9 Å². The van der Waals surface area contributed by atoms with Gasteiger partial charge >= 0.3 is 5.97 Å². The maximum absolute atomic E-state index is 10.5. The number of carbonyl (C=O) groups is 1. The summed E-state index contributed by atoms with van der Waals surface area (Å²) in [5.41, 5.74) is 0. The molecule has 0 fully saturated rings. The summed E-state index contributed by atoms with van der Waals surface area (Å²) in [5.74, 6) is -0.816. The number of aliphatic carboxylic acids is 1. The highest BCUT2D eigenvalue weighted by atomic mass is 16.4. The fourth-order valence-electron chi connectivity index (χ4n) is 1.61. The van der Waals surface area contributed by atoms with Gasteiger partial charge in [-0.2, -0.15) is 5.26 Å². The Balaban J connectivity index is 4.38. The minimum Gasteiger partial charge on any atom is -0.481 e. The predicted octanol–water partition coefficient (Wildman–Crippen LogP) is 1.47. The van der Waals surface area contributed by atoms with Gasteiger partial charge < -0.3 is 5.11 Å². The Labute approximate surface area is 85.1 Å². The number of nitriles is 1. The molecule has 2 atom stereocenters. The van der Waals surface area contributed by atoms with Crippen molar-refractivity contribution in [2.24, 2.45) is 0 Å². The van der Waals surface area contributed by atoms with Crippen molar-refractivity contribution in [2.45, 2.75) is 45.7 Å². The van der Waals surface area contributed by atoms with Crippen LogP contribution in [0.15, 0.2) is 0 Å². The molecule has 0 spiro atoms. The lowest BCUT2D eigenvalue weighted by Gasteiger charge is -2.30. The smallest absolute Gasteiger partial charge is 0.304 e. The molecule has 2 unspecified atom stereocenters. The number of hydrogen-bond acceptors (Lipinski definition) is 3. The van der Waals surface area contributed by atoms with Crippen molar-refractivity contribution >= 4 is 5.97 Å². The van der Waals surface area contributed by atoms with Gasteiger partial charge in [-0.1, -0.05) is 13.8 Å². The Morgan fingerprint density at radius 2 is 2.14 bits per heavy atom. The lowest BCUT2D eigenvalue weighted by molar-refractivity contribution is -0.138. The van der Waals surface area contributed by atoms with Crippen LogP contribution in [0, 0.1) is 11.3 Å². The molecular weight excluding hydrogens is 180 g/mol. The summed E-state index contributed by atoms with van der Waals surface area (Å²) in [4.78, 5) is 12.4. The lowest BCUT2D eigenvalue weighted by Crippen LogP contribution is -2.41. The van der Waals surface area contributed by atoms with Gasteiger partial charge in [0.2, 0.25) is 0 Å². The Kier molecular flexibility index (Phi) is 5.89. The van der Waals surface area contributed by atoms with Gasteiger partial charge in [-0.15, -0.1) is 0 Å². The second kappa shape index (κ2) is 6.39. The zero-order chi connectivity index (χ0) is 11.1. The van der Waals surface area contributed by atoms with Gasteiger partial charge in [0.15, 0.2) is 0 Å². The molecule has 0 aliphatic rings. The Hall–Kier alpha value is -1.08. The maximum Gasteiger partial charge on any atom is 0.304 e. The van der Waals surface area contributed by atoms with Gasteiger partial charge in [0.1, 0.15) is 0 Å². The Morgan fingerprint density at radius 1 is 1.57 bits per heavy atom. The van der Waals surface area contributed by atoms with Gasteiger partial charge in [-0.3, -0.25) is 9.69 Å². The van der Waals surface area contributed by atoms with Crippen molar-refractivity contribution in [3.63, 3.8) is 0 Å². The van der Waals surface area contributed by atoms with Crippen LogP contribution in [0.2, 0.25) is 0 Å². The van der Waals surface area contributed by atoms with Crippen molar-refractivity contribution in [1.29, 1.82) is 5.26 Å². The van der Waals surface area contributed by atoms with Crippen molar-refractivity contribution in [3.05, 3.63) is 0 Å². The first kappa shape index (κ1) is 12.9. The molecule has 0 aliphatic carbocycles. The monoisotopic (exact) mass is 198 g/mol. The highest BCUT2D eigenvalue weighted by Gasteiger charge is 2.21. The number of carboxylic acid groups (broad SMARTS) is 1. The van der Waals surface area contributed by atoms with Gasteiger partial charge in [0.05, 0.1) is 18.5 Å². The third kappa shape index (κ3) is 3.75. The van der Waals surface area contributed by atoms with Crippen LogP contribution in [0.5, 0.6) is 0 Å². The van der Waals surface area contributed by atoms with Crippen LogP contribution >= 0.6 is 0 Å². The van der Waals surface area contributed by atoms with Gasteiger partial charge in [0.25, 0.3) is 0 Å². The lowest BCUT2D eigenvalue weighted by atomic mass is 10.1. The predicted molar refractivity (Wildman–Crippen MR) is 53.8 cm³/mol. The van der Waals surface area contributed by atoms with E-state index in [4.69, 9.17) is 10.4 Å². The summed E-state index contributed by atoms with van der Waals surface area (Å²) in [6, 6.07) is 1.94. The Bertz CT molecular complexity index is 223. The summed E-state index contributed by atoms with van der Waals surface area (Å²) >= 11 is 0. The number of rotatable bonds is 6. The first-order chi connectivity index (χ1) is 6.56. The minimum atomic E-state index is -0.816. The molecule has 1 N–H and O–H groups in total. The summed E-state index contributed by atoms with van der Waals surface area (Å²) < 4.78 is 0. The summed E-state index contributed by atoms with van der Waals surface area (Å²) in [6.45, 7) is 6.43. The second-order valence-electron chi connectivity index (χ2n) is 3.33. The molecule has 0 amide bonds. The third-order valence-electron chi connectivity index (χ3n) is 2.34. The zero-order valence-corrected chi connectivity index (χ0v) is 9.03. The summed E-state index contributed by atoms with van der Waals surface area (Å²) in [7, 11) is 0. The minimum absolute atomic E-state index is 0.0814. The van der Waals surface area contributed by atoms with E-state index in [1.54, 1.807) is 0 Å². The van der Waals surface area contributed by atoms with E-state index in [-0.39, 0.29) is 18.5 Å². The Morgan fingerprint density at radius 3 is 2.43 bits per heavy atom. The molecule has 0 saturated carbocycles. The number of nitrogens with zero attached hydrogens (tertiary/aromatic N) is 2. The molecule has 0 saturated heterocycles. The van der Waals surface area contributed by atoms with E-state index in [1.165, 1.54) is 0 Å². The molecule has 0 rings (SSSR count). The average molecular weight is 198 g/mol. The fraction of sp³-hybridized carbons (Fsp3) is 0.800. The largest absolute Gasteiger partial charge is 0.481 e. The quantitative estimate of drug-likeness (QED) is 0.702. The molecule has 0 aliphatic heterocycles. The molecule has 0 heterocycles. The van der Waals surface area contributed by atoms with Crippen LogP contribution in [0.3, 0.4) is 0 Å². The molecule has 0 aromatic rings. The zero-order valence-electron chi connectivity index (χ0n) is 9.03. The van der Waals surface area contributed by atoms with Crippen LogP contribution in [-0.4, -0.2) is 34.6 Å². The molecule has 14 heavy (non-hydrogen) atoms. The number of carboxylic acids is 1. The van der Waals surface area contributed by atoms with Crippen molar-refractivity contribution in [3.8, 4) is 6.07 Å². The normalized spacial score (nSPS) is 14.8. The molecule has 80 valence electrons. The maximum atomic E-state index is 10.5. The second-order valence-corrected chi connectivity index (χ2v) is 3.33. The van der Waals surface area contributed by atoms with E-state index < -0.39 is 5.97 Å². The molecular formula is C10H18N2O2. The van der Waals surface area contributed by atoms with Crippen molar-refractivity contribution < 1.29 is 9.90 Å². The van der Waals surface area contributed by atoms with E-state index in [1.807, 2.05) is 25.7 Å². The van der Waals surface area contributed by atoms with Crippen LogP contribution < -0.4 is 0 Å². The molecule has 0 aromatic heterocycles. The standard InChI is InChI=1S/C10H18N2O2/c1-4-9(7-11)12(5-2)8(3)6-10(13)14/h8-9H,4-6H2,1-3H3,(H,13,14). The molecule has 0 radical (unpaired) electrons. The van der Waals surface area contributed by atoms with Crippen LogP contribution in [0.25, 0.3) is 0 Å². The topological polar surface area (TPSA) is 64.3 Å².